The molecule has 9 aromatic rings. The van der Waals surface area contributed by atoms with Crippen LogP contribution in [0.5, 0.6) is 11.5 Å². The van der Waals surface area contributed by atoms with Gasteiger partial charge in [0.15, 0.2) is 16.9 Å². The van der Waals surface area contributed by atoms with Crippen molar-refractivity contribution in [3.05, 3.63) is 194 Å². The number of benzene rings is 8. The Morgan fingerprint density at radius 1 is 0.453 bits per heavy atom. The molecule has 0 amide bonds. The summed E-state index contributed by atoms with van der Waals surface area (Å²) in [5.41, 5.74) is 3.51. The summed E-state index contributed by atoms with van der Waals surface area (Å²) in [5.74, 6) is 1.93. The lowest BCUT2D eigenvalue weighted by atomic mass is 10.1. The molecule has 5 heteroatoms. The van der Waals surface area contributed by atoms with Crippen molar-refractivity contribution in [2.75, 3.05) is 4.90 Å². The molecule has 0 N–H and O–H groups in total. The first-order chi connectivity index (χ1) is 26.3. The van der Waals surface area contributed by atoms with Crippen LogP contribution in [-0.2, 0) is 0 Å². The van der Waals surface area contributed by atoms with Crippen LogP contribution in [0.25, 0.3) is 20.2 Å². The Bertz CT molecular complexity index is 2810. The highest BCUT2D eigenvalue weighted by Gasteiger charge is 2.54. The molecule has 0 saturated carbocycles. The van der Waals surface area contributed by atoms with E-state index in [2.05, 4.69) is 199 Å². The van der Waals surface area contributed by atoms with Gasteiger partial charge >= 0.3 is 0 Å². The minimum absolute atomic E-state index is 0.967. The first kappa shape index (κ1) is 30.6. The highest BCUT2D eigenvalue weighted by atomic mass is 32.1. The van der Waals surface area contributed by atoms with Crippen LogP contribution >= 0.6 is 11.3 Å². The topological polar surface area (TPSA) is 12.5 Å². The average molecular weight is 727 g/mol. The van der Waals surface area contributed by atoms with Crippen LogP contribution in [-0.4, -0.2) is 16.9 Å². The summed E-state index contributed by atoms with van der Waals surface area (Å²) in [4.78, 5) is 2.49. The zero-order chi connectivity index (χ0) is 34.9. The number of nitrogens with zero attached hydrogens (tertiary/aromatic N) is 1. The molecule has 1 radical (unpaired) electrons. The van der Waals surface area contributed by atoms with Gasteiger partial charge in [-0.1, -0.05) is 161 Å². The van der Waals surface area contributed by atoms with E-state index in [1.807, 2.05) is 11.3 Å². The summed E-state index contributed by atoms with van der Waals surface area (Å²) in [6, 6.07) is 72.2. The maximum atomic E-state index is 6.77. The molecule has 3 heterocycles. The van der Waals surface area contributed by atoms with E-state index in [0.717, 1.165) is 17.2 Å². The fraction of sp³-hybridized carbons (Fsp3) is 0. The predicted octanol–water partition coefficient (Wildman–Crippen LogP) is 7.84. The number of para-hydroxylation sites is 3. The molecule has 11 rings (SSSR count). The number of hydrogen-bond donors (Lipinski definition) is 0. The van der Waals surface area contributed by atoms with Gasteiger partial charge in [-0.3, -0.25) is 0 Å². The lowest BCUT2D eigenvalue weighted by Gasteiger charge is -2.46. The maximum Gasteiger partial charge on any atom is 0.188 e. The largest absolute Gasteiger partial charge is 0.458 e. The van der Waals surface area contributed by atoms with Crippen LogP contribution in [0.3, 0.4) is 0 Å². The smallest absolute Gasteiger partial charge is 0.188 e. The van der Waals surface area contributed by atoms with Crippen molar-refractivity contribution in [3.8, 4) is 11.5 Å². The monoisotopic (exact) mass is 726 g/mol. The van der Waals surface area contributed by atoms with E-state index in [-0.39, 0.29) is 0 Å². The van der Waals surface area contributed by atoms with E-state index in [1.165, 1.54) is 67.9 Å². The fourth-order valence-corrected chi connectivity index (χ4v) is 19.8. The van der Waals surface area contributed by atoms with Gasteiger partial charge in [-0.2, -0.15) is 0 Å². The van der Waals surface area contributed by atoms with E-state index in [4.69, 9.17) is 4.74 Å². The van der Waals surface area contributed by atoms with Crippen LogP contribution in [0.2, 0.25) is 0 Å². The quantitative estimate of drug-likeness (QED) is 0.172. The van der Waals surface area contributed by atoms with Crippen LogP contribution in [0.4, 0.5) is 17.1 Å². The lowest BCUT2D eigenvalue weighted by molar-refractivity contribution is 0.487. The summed E-state index contributed by atoms with van der Waals surface area (Å²) < 4.78 is 9.38. The second-order valence-electron chi connectivity index (χ2n) is 13.8. The molecule has 1 spiro atoms. The van der Waals surface area contributed by atoms with Crippen molar-refractivity contribution in [1.29, 1.82) is 0 Å². The van der Waals surface area contributed by atoms with Crippen molar-refractivity contribution in [1.82, 2.24) is 0 Å². The summed E-state index contributed by atoms with van der Waals surface area (Å²) in [6.45, 7) is 0. The molecule has 0 bridgehead atoms. The van der Waals surface area contributed by atoms with Gasteiger partial charge < -0.3 is 9.64 Å². The number of thiophene rings is 1. The minimum atomic E-state index is -2.91. The highest BCUT2D eigenvalue weighted by Crippen LogP contribution is 2.44. The molecule has 2 nitrogen and oxygen atoms in total. The number of rotatable bonds is 4. The second-order valence-corrected chi connectivity index (χ2v) is 20.9. The molecule has 0 fully saturated rings. The number of hydrogen-bond acceptors (Lipinski definition) is 3. The molecular weight excluding hydrogens is 695 g/mol. The van der Waals surface area contributed by atoms with Gasteiger partial charge in [0.2, 0.25) is 0 Å². The minimum Gasteiger partial charge on any atom is -0.458 e. The standard InChI is InChI=1S/C48H32NOSSi2/c1-3-16-33(17-4-1)49(38-22-15-21-37-36-20-7-10-25-41(36)51-48(37)38)34-30-31-43-47(32-34)53(44-27-12-8-23-39(44)50-40-24-9-13-28-45(40)53)46-29-14-11-26-42(46)52(43)35-18-5-2-6-19-35/h1-32H. The Labute approximate surface area is 315 Å². The van der Waals surface area contributed by atoms with Crippen LogP contribution in [0.15, 0.2) is 194 Å². The normalized spacial score (nSPS) is 13.9. The van der Waals surface area contributed by atoms with Crippen molar-refractivity contribution < 1.29 is 4.74 Å². The Balaban J connectivity index is 1.26. The van der Waals surface area contributed by atoms with E-state index in [9.17, 15) is 0 Å². The molecule has 2 aliphatic rings. The van der Waals surface area contributed by atoms with Gasteiger partial charge in [0.05, 0.1) is 10.4 Å². The summed E-state index contributed by atoms with van der Waals surface area (Å²) >= 11 is 1.88. The van der Waals surface area contributed by atoms with Crippen molar-refractivity contribution in [2.24, 2.45) is 0 Å². The third-order valence-electron chi connectivity index (χ3n) is 11.0. The average Bonchev–Trinajstić information content (AvgIpc) is 3.61. The summed E-state index contributed by atoms with van der Waals surface area (Å²) in [5, 5.41) is 12.5. The molecule has 8 aromatic carbocycles. The van der Waals surface area contributed by atoms with Gasteiger partial charge in [-0.25, -0.2) is 0 Å². The number of fused-ring (bicyclic) bond motifs is 11. The van der Waals surface area contributed by atoms with Gasteiger partial charge in [0, 0.05) is 26.8 Å². The molecule has 249 valence electrons. The van der Waals surface area contributed by atoms with Crippen LogP contribution in [0.1, 0.15) is 0 Å². The van der Waals surface area contributed by atoms with Crippen molar-refractivity contribution in [3.63, 3.8) is 0 Å². The molecule has 0 aliphatic carbocycles. The fourth-order valence-electron chi connectivity index (χ4n) is 8.92. The molecular formula is C48H32NOSSi2. The second kappa shape index (κ2) is 12.0. The zero-order valence-corrected chi connectivity index (χ0v) is 31.6. The highest BCUT2D eigenvalue weighted by molar-refractivity contribution is 7.27. The molecule has 53 heavy (non-hydrogen) atoms. The molecule has 0 saturated heterocycles. The SMILES string of the molecule is c1ccc(N(c2ccc3c(c2)[Si]2(c4ccccc4Oc4ccccc42)c2ccccc2[Si]3c2ccccc2)c2cccc3c2sc2ccccc23)cc1. The third-order valence-corrected chi connectivity index (χ3v) is 20.5. The number of anilines is 3. The van der Waals surface area contributed by atoms with Gasteiger partial charge in [-0.15, -0.1) is 11.3 Å². The summed E-state index contributed by atoms with van der Waals surface area (Å²) in [7, 11) is -4.27. The van der Waals surface area contributed by atoms with E-state index >= 15 is 0 Å². The van der Waals surface area contributed by atoms with Gasteiger partial charge in [-0.05, 0) is 69.3 Å². The maximum absolute atomic E-state index is 6.77. The first-order valence-corrected chi connectivity index (χ1v) is 22.4. The Kier molecular flexibility index (Phi) is 6.95. The van der Waals surface area contributed by atoms with Gasteiger partial charge in [0.1, 0.15) is 11.5 Å². The first-order valence-electron chi connectivity index (χ1n) is 18.1. The molecule has 0 atom stereocenters. The molecule has 0 unspecified atom stereocenters. The summed E-state index contributed by atoms with van der Waals surface area (Å²) in [6.07, 6.45) is 0. The Hall–Kier alpha value is -5.99. The molecule has 1 aromatic heterocycles. The third kappa shape index (κ3) is 4.48. The Morgan fingerprint density at radius 2 is 1.06 bits per heavy atom. The van der Waals surface area contributed by atoms with Crippen LogP contribution in [0, 0.1) is 0 Å². The van der Waals surface area contributed by atoms with E-state index in [0.29, 0.717) is 0 Å². The van der Waals surface area contributed by atoms with Gasteiger partial charge in [0.25, 0.3) is 0 Å². The lowest BCUT2D eigenvalue weighted by Crippen LogP contribution is -2.87. The molecule has 2 aliphatic heterocycles. The predicted molar refractivity (Wildman–Crippen MR) is 229 cm³/mol. The van der Waals surface area contributed by atoms with E-state index < -0.39 is 16.9 Å². The van der Waals surface area contributed by atoms with Crippen molar-refractivity contribution in [2.45, 2.75) is 0 Å². The number of ether oxygens (including phenoxy) is 1. The van der Waals surface area contributed by atoms with E-state index in [1.54, 1.807) is 0 Å². The van der Waals surface area contributed by atoms with Crippen molar-refractivity contribution >= 4 is 102 Å². The van der Waals surface area contributed by atoms with Crippen LogP contribution < -0.4 is 45.9 Å². The Morgan fingerprint density at radius 3 is 1.83 bits per heavy atom. The zero-order valence-electron chi connectivity index (χ0n) is 28.7.